The summed E-state index contributed by atoms with van der Waals surface area (Å²) in [5.41, 5.74) is 4.00. The summed E-state index contributed by atoms with van der Waals surface area (Å²) < 4.78 is 0. The summed E-state index contributed by atoms with van der Waals surface area (Å²) in [6.07, 6.45) is 13.2. The molecule has 170 valence electrons. The van der Waals surface area contributed by atoms with Crippen LogP contribution in [0, 0.1) is 0 Å². The molecule has 0 atom stereocenters. The van der Waals surface area contributed by atoms with Crippen LogP contribution in [0.15, 0.2) is 91.0 Å². The van der Waals surface area contributed by atoms with Gasteiger partial charge in [0.15, 0.2) is 0 Å². The van der Waals surface area contributed by atoms with Crippen LogP contribution in [-0.4, -0.2) is 25.2 Å². The first-order valence-corrected chi connectivity index (χ1v) is 14.6. The van der Waals surface area contributed by atoms with Crippen molar-refractivity contribution >= 4 is 31.0 Å². The summed E-state index contributed by atoms with van der Waals surface area (Å²) in [5, 5.41) is 0. The fourth-order valence-electron chi connectivity index (χ4n) is 3.99. The topological polar surface area (TPSA) is 0 Å². The standard InChI is InChI=1S/C18H15B.C12H27P/c1-4-10-16(11-5-1)19(17-12-6-2-7-13-17)18-14-8-3-9-15-18;1-4-7-10-13(11-8-5-2)12-9-6-3/h1-15H;4-12H2,1-3H3. The molecule has 3 aromatic carbocycles. The molecule has 0 fully saturated rings. The first-order chi connectivity index (χ1) is 15.8. The fourth-order valence-corrected chi connectivity index (χ4v) is 6.96. The summed E-state index contributed by atoms with van der Waals surface area (Å²) in [4.78, 5) is 0. The molecular weight excluding hydrogens is 402 g/mol. The molecule has 0 aliphatic heterocycles. The lowest BCUT2D eigenvalue weighted by atomic mass is 9.37. The van der Waals surface area contributed by atoms with Gasteiger partial charge in [0.25, 0.3) is 0 Å². The van der Waals surface area contributed by atoms with Crippen LogP contribution in [0.4, 0.5) is 0 Å². The highest BCUT2D eigenvalue weighted by molar-refractivity contribution is 7.57. The zero-order chi connectivity index (χ0) is 22.9. The maximum Gasteiger partial charge on any atom is 0.241 e. The second-order valence-corrected chi connectivity index (χ2v) is 11.3. The third kappa shape index (κ3) is 9.75. The van der Waals surface area contributed by atoms with E-state index in [2.05, 4.69) is 112 Å². The minimum atomic E-state index is 0.309. The molecular formula is C30H42BP. The van der Waals surface area contributed by atoms with E-state index >= 15 is 0 Å². The molecule has 3 aromatic rings. The van der Waals surface area contributed by atoms with Gasteiger partial charge < -0.3 is 0 Å². The number of unbranched alkanes of at least 4 members (excludes halogenated alkanes) is 3. The molecule has 0 nitrogen and oxygen atoms in total. The summed E-state index contributed by atoms with van der Waals surface area (Å²) in [6, 6.07) is 32.0. The fraction of sp³-hybridized carbons (Fsp3) is 0.400. The number of benzene rings is 3. The minimum Gasteiger partial charge on any atom is -0.107 e. The summed E-state index contributed by atoms with van der Waals surface area (Å²) in [6.45, 7) is 7.25. The molecule has 0 N–H and O–H groups in total. The van der Waals surface area contributed by atoms with Crippen molar-refractivity contribution in [1.29, 1.82) is 0 Å². The number of rotatable bonds is 12. The predicted molar refractivity (Wildman–Crippen MR) is 150 cm³/mol. The van der Waals surface area contributed by atoms with Crippen LogP contribution in [0.2, 0.25) is 0 Å². The van der Waals surface area contributed by atoms with Crippen LogP contribution < -0.4 is 16.4 Å². The quantitative estimate of drug-likeness (QED) is 0.207. The normalized spacial score (nSPS) is 10.5. The zero-order valence-corrected chi connectivity index (χ0v) is 21.4. The van der Waals surface area contributed by atoms with Gasteiger partial charge in [0.2, 0.25) is 6.71 Å². The Balaban J connectivity index is 0.000000247. The molecule has 3 rings (SSSR count). The van der Waals surface area contributed by atoms with Crippen molar-refractivity contribution in [3.05, 3.63) is 91.0 Å². The molecule has 0 aromatic heterocycles. The molecule has 0 saturated heterocycles. The van der Waals surface area contributed by atoms with E-state index < -0.39 is 0 Å². The summed E-state index contributed by atoms with van der Waals surface area (Å²) in [7, 11) is 0.422. The van der Waals surface area contributed by atoms with Gasteiger partial charge in [0, 0.05) is 0 Å². The van der Waals surface area contributed by atoms with E-state index in [1.165, 1.54) is 54.9 Å². The largest absolute Gasteiger partial charge is 0.241 e. The van der Waals surface area contributed by atoms with E-state index in [4.69, 9.17) is 0 Å². The maximum absolute atomic E-state index is 2.31. The first kappa shape index (κ1) is 26.4. The first-order valence-electron chi connectivity index (χ1n) is 12.7. The highest BCUT2D eigenvalue weighted by atomic mass is 31.1. The molecule has 32 heavy (non-hydrogen) atoms. The van der Waals surface area contributed by atoms with Crippen molar-refractivity contribution in [2.75, 3.05) is 18.5 Å². The van der Waals surface area contributed by atoms with Crippen molar-refractivity contribution in [2.45, 2.75) is 59.3 Å². The lowest BCUT2D eigenvalue weighted by Crippen LogP contribution is -2.51. The van der Waals surface area contributed by atoms with Crippen molar-refractivity contribution in [3.63, 3.8) is 0 Å². The minimum absolute atomic E-state index is 0.309. The van der Waals surface area contributed by atoms with Crippen LogP contribution in [0.5, 0.6) is 0 Å². The van der Waals surface area contributed by atoms with E-state index in [9.17, 15) is 0 Å². The Labute approximate surface area is 199 Å². The zero-order valence-electron chi connectivity index (χ0n) is 20.5. The monoisotopic (exact) mass is 444 g/mol. The highest BCUT2D eigenvalue weighted by Gasteiger charge is 2.20. The Morgan fingerprint density at radius 2 is 0.750 bits per heavy atom. The third-order valence-electron chi connectivity index (χ3n) is 5.88. The molecule has 2 heteroatoms. The van der Waals surface area contributed by atoms with E-state index in [0.29, 0.717) is 14.6 Å². The Morgan fingerprint density at radius 3 is 1.00 bits per heavy atom. The average molecular weight is 444 g/mol. The van der Waals surface area contributed by atoms with Crippen LogP contribution >= 0.6 is 7.92 Å². The Hall–Kier alpha value is -1.85. The van der Waals surface area contributed by atoms with Crippen LogP contribution in [-0.2, 0) is 0 Å². The molecule has 0 spiro atoms. The smallest absolute Gasteiger partial charge is 0.107 e. The number of hydrogen-bond acceptors (Lipinski definition) is 0. The maximum atomic E-state index is 2.31. The van der Waals surface area contributed by atoms with Gasteiger partial charge in [-0.1, -0.05) is 147 Å². The molecule has 0 amide bonds. The Morgan fingerprint density at radius 1 is 0.469 bits per heavy atom. The van der Waals surface area contributed by atoms with E-state index in [0.717, 1.165) is 0 Å². The van der Waals surface area contributed by atoms with Crippen LogP contribution in [0.3, 0.4) is 0 Å². The van der Waals surface area contributed by atoms with Crippen molar-refractivity contribution in [1.82, 2.24) is 0 Å². The van der Waals surface area contributed by atoms with Crippen molar-refractivity contribution in [2.24, 2.45) is 0 Å². The van der Waals surface area contributed by atoms with E-state index in [1.54, 1.807) is 18.5 Å². The second kappa shape index (κ2) is 16.7. The molecule has 0 saturated carbocycles. The molecule has 0 unspecified atom stereocenters. The number of hydrogen-bond donors (Lipinski definition) is 0. The summed E-state index contributed by atoms with van der Waals surface area (Å²) in [5.74, 6) is 0. The highest BCUT2D eigenvalue weighted by Crippen LogP contribution is 2.38. The molecule has 0 heterocycles. The van der Waals surface area contributed by atoms with Gasteiger partial charge in [-0.15, -0.1) is 7.92 Å². The van der Waals surface area contributed by atoms with Gasteiger partial charge in [-0.3, -0.25) is 0 Å². The van der Waals surface area contributed by atoms with E-state index in [1.807, 2.05) is 0 Å². The summed E-state index contributed by atoms with van der Waals surface area (Å²) >= 11 is 0. The second-order valence-electron chi connectivity index (χ2n) is 8.57. The van der Waals surface area contributed by atoms with Crippen LogP contribution in [0.25, 0.3) is 0 Å². The van der Waals surface area contributed by atoms with Gasteiger partial charge in [-0.2, -0.15) is 0 Å². The lowest BCUT2D eigenvalue weighted by Gasteiger charge is -2.16. The Bertz CT molecular complexity index is 691. The van der Waals surface area contributed by atoms with Gasteiger partial charge in [-0.05, 0) is 37.7 Å². The van der Waals surface area contributed by atoms with Crippen molar-refractivity contribution < 1.29 is 0 Å². The lowest BCUT2D eigenvalue weighted by molar-refractivity contribution is 0.847. The molecule has 0 aliphatic rings. The van der Waals surface area contributed by atoms with Gasteiger partial charge in [-0.25, -0.2) is 0 Å². The van der Waals surface area contributed by atoms with Gasteiger partial charge >= 0.3 is 0 Å². The molecule has 0 bridgehead atoms. The van der Waals surface area contributed by atoms with Gasteiger partial charge in [0.05, 0.1) is 0 Å². The Kier molecular flexibility index (Phi) is 13.8. The van der Waals surface area contributed by atoms with E-state index in [-0.39, 0.29) is 0 Å². The average Bonchev–Trinajstić information content (AvgIpc) is 2.86. The van der Waals surface area contributed by atoms with Gasteiger partial charge in [0.1, 0.15) is 0 Å². The SMILES string of the molecule is CCCCP(CCCC)CCCC.c1ccc(B(c2ccccc2)c2ccccc2)cc1. The van der Waals surface area contributed by atoms with Crippen LogP contribution in [0.1, 0.15) is 59.3 Å². The third-order valence-corrected chi connectivity index (χ3v) is 8.73. The van der Waals surface area contributed by atoms with Crippen molar-refractivity contribution in [3.8, 4) is 0 Å². The predicted octanol–water partition coefficient (Wildman–Crippen LogP) is 7.07. The molecule has 0 aliphatic carbocycles. The molecule has 0 radical (unpaired) electrons.